The van der Waals surface area contributed by atoms with Crippen LogP contribution in [0.5, 0.6) is 0 Å². The third-order valence-electron chi connectivity index (χ3n) is 4.50. The van der Waals surface area contributed by atoms with Gasteiger partial charge in [0.25, 0.3) is 5.91 Å². The van der Waals surface area contributed by atoms with Gasteiger partial charge in [0.2, 0.25) is 5.89 Å². The minimum Gasteiger partial charge on any atom is -0.351 e. The van der Waals surface area contributed by atoms with Gasteiger partial charge in [-0.3, -0.25) is 9.48 Å². The molecule has 0 aliphatic heterocycles. The van der Waals surface area contributed by atoms with E-state index < -0.39 is 0 Å². The average molecular weight is 413 g/mol. The first kappa shape index (κ1) is 19.3. The molecular weight excluding hydrogens is 393 g/mol. The zero-order valence-electron chi connectivity index (χ0n) is 16.1. The number of hydrogen-bond acceptors (Lipinski definition) is 6. The molecule has 0 fully saturated rings. The van der Waals surface area contributed by atoms with Gasteiger partial charge < -0.3 is 9.84 Å². The zero-order chi connectivity index (χ0) is 20.4. The Labute approximate surface area is 170 Å². The molecule has 3 aromatic heterocycles. The van der Waals surface area contributed by atoms with Crippen LogP contribution in [0.1, 0.15) is 39.1 Å². The first-order valence-electron chi connectivity index (χ1n) is 9.28. The predicted octanol–water partition coefficient (Wildman–Crippen LogP) is 3.65. The van der Waals surface area contributed by atoms with Crippen molar-refractivity contribution < 1.29 is 13.7 Å². The first-order chi connectivity index (χ1) is 14.0. The van der Waals surface area contributed by atoms with Gasteiger partial charge in [-0.1, -0.05) is 17.3 Å². The molecule has 0 bridgehead atoms. The van der Waals surface area contributed by atoms with Crippen LogP contribution < -0.4 is 5.32 Å². The summed E-state index contributed by atoms with van der Waals surface area (Å²) in [5.41, 5.74) is 1.82. The predicted molar refractivity (Wildman–Crippen MR) is 108 cm³/mol. The highest BCUT2D eigenvalue weighted by Gasteiger charge is 2.16. The van der Waals surface area contributed by atoms with Gasteiger partial charge in [-0.15, -0.1) is 11.3 Å². The normalized spacial score (nSPS) is 11.3. The van der Waals surface area contributed by atoms with Crippen LogP contribution in [0, 0.1) is 19.7 Å². The number of nitrogens with zero attached hydrogens (tertiary/aromatic N) is 4. The molecule has 3 heterocycles. The number of carbonyl (C=O) groups is 1. The van der Waals surface area contributed by atoms with Gasteiger partial charge in [-0.2, -0.15) is 10.1 Å². The molecule has 1 N–H and O–H groups in total. The number of halogens is 1. The number of nitrogens with one attached hydrogen (secondary N) is 1. The van der Waals surface area contributed by atoms with Crippen molar-refractivity contribution in [3.63, 3.8) is 0 Å². The SMILES string of the molecule is Cc1noc(CCCNC(=O)c2cc3c(C)nn(Cc4ccc(F)cc4)c3s2)n1. The van der Waals surface area contributed by atoms with Gasteiger partial charge >= 0.3 is 0 Å². The molecule has 0 saturated heterocycles. The molecule has 4 rings (SSSR count). The lowest BCUT2D eigenvalue weighted by molar-refractivity contribution is 0.0957. The van der Waals surface area contributed by atoms with Gasteiger partial charge in [0, 0.05) is 18.4 Å². The Balaban J connectivity index is 1.41. The largest absolute Gasteiger partial charge is 0.351 e. The summed E-state index contributed by atoms with van der Waals surface area (Å²) in [7, 11) is 0. The molecule has 0 radical (unpaired) electrons. The second-order valence-corrected chi connectivity index (χ2v) is 7.82. The fourth-order valence-corrected chi connectivity index (χ4v) is 4.14. The van der Waals surface area contributed by atoms with Crippen molar-refractivity contribution in [2.45, 2.75) is 33.2 Å². The van der Waals surface area contributed by atoms with E-state index in [-0.39, 0.29) is 11.7 Å². The minimum absolute atomic E-state index is 0.111. The van der Waals surface area contributed by atoms with Crippen molar-refractivity contribution in [3.05, 3.63) is 64.0 Å². The van der Waals surface area contributed by atoms with Crippen LogP contribution in [0.4, 0.5) is 4.39 Å². The van der Waals surface area contributed by atoms with Gasteiger partial charge in [-0.05, 0) is 44.0 Å². The topological polar surface area (TPSA) is 85.8 Å². The molecular formula is C20H20FN5O2S. The van der Waals surface area contributed by atoms with Crippen LogP contribution in [0.2, 0.25) is 0 Å². The van der Waals surface area contributed by atoms with Gasteiger partial charge in [-0.25, -0.2) is 4.39 Å². The molecule has 4 aromatic rings. The molecule has 150 valence electrons. The molecule has 0 unspecified atom stereocenters. The highest BCUT2D eigenvalue weighted by atomic mass is 32.1. The average Bonchev–Trinajstić information content (AvgIpc) is 3.38. The monoisotopic (exact) mass is 413 g/mol. The van der Waals surface area contributed by atoms with E-state index in [0.717, 1.165) is 27.9 Å². The maximum atomic E-state index is 13.1. The van der Waals surface area contributed by atoms with E-state index in [1.807, 2.05) is 17.7 Å². The van der Waals surface area contributed by atoms with Gasteiger partial charge in [0.15, 0.2) is 5.82 Å². The number of hydrogen-bond donors (Lipinski definition) is 1. The number of benzene rings is 1. The molecule has 0 aliphatic rings. The summed E-state index contributed by atoms with van der Waals surface area (Å²) in [4.78, 5) is 18.2. The first-order valence-corrected chi connectivity index (χ1v) is 10.1. The molecule has 1 aromatic carbocycles. The molecule has 0 aliphatic carbocycles. The van der Waals surface area contributed by atoms with Crippen molar-refractivity contribution in [1.82, 2.24) is 25.2 Å². The maximum absolute atomic E-state index is 13.1. The van der Waals surface area contributed by atoms with E-state index in [1.165, 1.54) is 23.5 Å². The van der Waals surface area contributed by atoms with Crippen molar-refractivity contribution in [2.75, 3.05) is 6.54 Å². The Kier molecular flexibility index (Phi) is 5.39. The number of aromatic nitrogens is 4. The van der Waals surface area contributed by atoms with E-state index in [4.69, 9.17) is 4.52 Å². The Morgan fingerprint density at radius 1 is 1.28 bits per heavy atom. The molecule has 29 heavy (non-hydrogen) atoms. The standard InChI is InChI=1S/C20H20FN5O2S/c1-12-16-10-17(19(27)22-9-3-4-18-23-13(2)25-28-18)29-20(16)26(24-12)11-14-5-7-15(21)8-6-14/h5-8,10H,3-4,9,11H2,1-2H3,(H,22,27). The number of carbonyl (C=O) groups excluding carboxylic acids is 1. The van der Waals surface area contributed by atoms with E-state index in [9.17, 15) is 9.18 Å². The third-order valence-corrected chi connectivity index (χ3v) is 5.65. The lowest BCUT2D eigenvalue weighted by Crippen LogP contribution is -2.23. The van der Waals surface area contributed by atoms with Crippen molar-refractivity contribution in [3.8, 4) is 0 Å². The Bertz CT molecular complexity index is 1150. The number of amides is 1. The molecule has 0 atom stereocenters. The van der Waals surface area contributed by atoms with Crippen LogP contribution in [0.3, 0.4) is 0 Å². The summed E-state index contributed by atoms with van der Waals surface area (Å²) in [6, 6.07) is 8.23. The Morgan fingerprint density at radius 2 is 2.07 bits per heavy atom. The highest BCUT2D eigenvalue weighted by molar-refractivity contribution is 7.20. The summed E-state index contributed by atoms with van der Waals surface area (Å²) >= 11 is 1.41. The summed E-state index contributed by atoms with van der Waals surface area (Å²) in [6.45, 7) is 4.74. The van der Waals surface area contributed by atoms with Crippen molar-refractivity contribution >= 4 is 27.5 Å². The van der Waals surface area contributed by atoms with Gasteiger partial charge in [0.05, 0.1) is 17.1 Å². The fourth-order valence-electron chi connectivity index (χ4n) is 3.06. The lowest BCUT2D eigenvalue weighted by atomic mass is 10.2. The molecule has 1 amide bonds. The maximum Gasteiger partial charge on any atom is 0.261 e. The lowest BCUT2D eigenvalue weighted by Gasteiger charge is -2.03. The van der Waals surface area contributed by atoms with Crippen LogP contribution in [-0.4, -0.2) is 32.4 Å². The summed E-state index contributed by atoms with van der Waals surface area (Å²) < 4.78 is 20.0. The van der Waals surface area contributed by atoms with E-state index in [0.29, 0.717) is 36.1 Å². The van der Waals surface area contributed by atoms with Gasteiger partial charge in [0.1, 0.15) is 10.6 Å². The van der Waals surface area contributed by atoms with E-state index in [1.54, 1.807) is 19.1 Å². The van der Waals surface area contributed by atoms with E-state index in [2.05, 4.69) is 20.6 Å². The number of thiophene rings is 1. The van der Waals surface area contributed by atoms with Crippen molar-refractivity contribution in [2.24, 2.45) is 0 Å². The zero-order valence-corrected chi connectivity index (χ0v) is 16.9. The number of aryl methyl sites for hydroxylation is 3. The third kappa shape index (κ3) is 4.34. The number of rotatable bonds is 7. The Hall–Kier alpha value is -3.07. The van der Waals surface area contributed by atoms with E-state index >= 15 is 0 Å². The summed E-state index contributed by atoms with van der Waals surface area (Å²) in [6.07, 6.45) is 1.34. The molecule has 9 heteroatoms. The van der Waals surface area contributed by atoms with Crippen LogP contribution in [-0.2, 0) is 13.0 Å². The van der Waals surface area contributed by atoms with Crippen LogP contribution in [0.25, 0.3) is 10.2 Å². The second kappa shape index (κ2) is 8.12. The highest BCUT2D eigenvalue weighted by Crippen LogP contribution is 2.29. The number of fused-ring (bicyclic) bond motifs is 1. The summed E-state index contributed by atoms with van der Waals surface area (Å²) in [5.74, 6) is 0.815. The second-order valence-electron chi connectivity index (χ2n) is 6.79. The smallest absolute Gasteiger partial charge is 0.261 e. The van der Waals surface area contributed by atoms with Crippen molar-refractivity contribution in [1.29, 1.82) is 0 Å². The Morgan fingerprint density at radius 3 is 2.79 bits per heavy atom. The quantitative estimate of drug-likeness (QED) is 0.468. The van der Waals surface area contributed by atoms with Crippen LogP contribution in [0.15, 0.2) is 34.9 Å². The minimum atomic E-state index is -0.264. The molecule has 0 spiro atoms. The fraction of sp³-hybridized carbons (Fsp3) is 0.300. The molecule has 7 nitrogen and oxygen atoms in total. The van der Waals surface area contributed by atoms with Crippen LogP contribution >= 0.6 is 11.3 Å². The summed E-state index contributed by atoms with van der Waals surface area (Å²) in [5, 5.41) is 12.2. The molecule has 0 saturated carbocycles.